The topological polar surface area (TPSA) is 119 Å². The van der Waals surface area contributed by atoms with Crippen LogP contribution in [0.1, 0.15) is 18.4 Å². The first-order valence-corrected chi connectivity index (χ1v) is 11.7. The van der Waals surface area contributed by atoms with Crippen LogP contribution in [0.5, 0.6) is 5.75 Å². The van der Waals surface area contributed by atoms with E-state index in [4.69, 9.17) is 16.3 Å². The van der Waals surface area contributed by atoms with E-state index in [0.717, 1.165) is 27.9 Å². The molecule has 0 spiro atoms. The maximum atomic E-state index is 12.2. The number of ether oxygens (including phenoxy) is 1. The third kappa shape index (κ3) is 7.41. The van der Waals surface area contributed by atoms with Crippen molar-refractivity contribution in [1.82, 2.24) is 5.32 Å². The number of anilines is 1. The monoisotopic (exact) mass is 469 g/mol. The number of carbonyl (C=O) groups is 1. The minimum Gasteiger partial charge on any atom is -0.491 e. The van der Waals surface area contributed by atoms with Gasteiger partial charge in [0, 0.05) is 25.1 Å². The molecule has 0 radical (unpaired) electrons. The lowest BCUT2D eigenvalue weighted by molar-refractivity contribution is -0.384. The van der Waals surface area contributed by atoms with Crippen molar-refractivity contribution in [2.75, 3.05) is 30.3 Å². The number of carbonyl (C=O) groups excluding carboxylic acids is 1. The molecule has 2 aromatic rings. The van der Waals surface area contributed by atoms with Crippen LogP contribution in [0.2, 0.25) is 5.02 Å². The first-order valence-electron chi connectivity index (χ1n) is 9.46. The summed E-state index contributed by atoms with van der Waals surface area (Å²) in [5, 5.41) is 13.8. The van der Waals surface area contributed by atoms with Crippen LogP contribution >= 0.6 is 11.6 Å². The maximum Gasteiger partial charge on any atom is 0.271 e. The number of para-hydroxylation sites is 1. The molecule has 0 aliphatic rings. The Morgan fingerprint density at radius 2 is 1.97 bits per heavy atom. The Morgan fingerprint density at radius 3 is 2.61 bits per heavy atom. The predicted octanol–water partition coefficient (Wildman–Crippen LogP) is 3.30. The molecule has 1 N–H and O–H groups in total. The van der Waals surface area contributed by atoms with Crippen molar-refractivity contribution in [3.63, 3.8) is 0 Å². The molecule has 0 aliphatic heterocycles. The van der Waals surface area contributed by atoms with Crippen molar-refractivity contribution < 1.29 is 22.9 Å². The number of halogens is 1. The quantitative estimate of drug-likeness (QED) is 0.306. The molecule has 0 saturated carbocycles. The zero-order chi connectivity index (χ0) is 23.0. The van der Waals surface area contributed by atoms with Crippen molar-refractivity contribution in [3.05, 3.63) is 63.2 Å². The fourth-order valence-corrected chi connectivity index (χ4v) is 4.05. The van der Waals surface area contributed by atoms with Gasteiger partial charge >= 0.3 is 0 Å². The fraction of sp³-hybridized carbons (Fsp3) is 0.350. The molecule has 0 fully saturated rings. The molecule has 0 aromatic heterocycles. The molecular weight excluding hydrogens is 446 g/mol. The number of rotatable bonds is 11. The predicted molar refractivity (Wildman–Crippen MR) is 119 cm³/mol. The van der Waals surface area contributed by atoms with Gasteiger partial charge in [-0.15, -0.1) is 0 Å². The number of nitro benzene ring substituents is 1. The van der Waals surface area contributed by atoms with Crippen molar-refractivity contribution >= 4 is 38.9 Å². The summed E-state index contributed by atoms with van der Waals surface area (Å²) in [5.41, 5.74) is 0.722. The van der Waals surface area contributed by atoms with Gasteiger partial charge < -0.3 is 10.1 Å². The minimum absolute atomic E-state index is 0.00501. The van der Waals surface area contributed by atoms with Crippen LogP contribution < -0.4 is 14.4 Å². The number of sulfonamides is 1. The summed E-state index contributed by atoms with van der Waals surface area (Å²) in [7, 11) is -3.76. The van der Waals surface area contributed by atoms with Crippen LogP contribution in [-0.4, -0.2) is 45.2 Å². The summed E-state index contributed by atoms with van der Waals surface area (Å²) in [4.78, 5) is 22.4. The van der Waals surface area contributed by atoms with Crippen molar-refractivity contribution in [1.29, 1.82) is 0 Å². The van der Waals surface area contributed by atoms with Gasteiger partial charge in [-0.05, 0) is 31.0 Å². The molecule has 0 bridgehead atoms. The molecule has 0 saturated heterocycles. The highest BCUT2D eigenvalue weighted by atomic mass is 35.5. The zero-order valence-electron chi connectivity index (χ0n) is 17.2. The molecule has 0 unspecified atom stereocenters. The Hall–Kier alpha value is -2.85. The van der Waals surface area contributed by atoms with Crippen molar-refractivity contribution in [3.8, 4) is 5.75 Å². The Balaban J connectivity index is 1.88. The van der Waals surface area contributed by atoms with E-state index in [1.54, 1.807) is 0 Å². The third-order valence-electron chi connectivity index (χ3n) is 4.35. The SMILES string of the molecule is Cc1ccccc1OCCNC(=O)CCCN(c1cc([N+](=O)[O-])ccc1Cl)S(C)(=O)=O. The number of aryl methyl sites for hydroxylation is 1. The van der Waals surface area contributed by atoms with E-state index < -0.39 is 14.9 Å². The van der Waals surface area contributed by atoms with E-state index in [0.29, 0.717) is 13.2 Å². The number of nitro groups is 1. The van der Waals surface area contributed by atoms with E-state index in [2.05, 4.69) is 5.32 Å². The number of benzene rings is 2. The second kappa shape index (κ2) is 11.0. The maximum absolute atomic E-state index is 12.2. The summed E-state index contributed by atoms with van der Waals surface area (Å²) in [6.45, 7) is 2.48. The first-order chi connectivity index (χ1) is 14.6. The van der Waals surface area contributed by atoms with Gasteiger partial charge in [0.05, 0.1) is 28.4 Å². The number of hydrogen-bond donors (Lipinski definition) is 1. The zero-order valence-corrected chi connectivity index (χ0v) is 18.8. The van der Waals surface area contributed by atoms with Crippen LogP contribution in [-0.2, 0) is 14.8 Å². The van der Waals surface area contributed by atoms with Gasteiger partial charge in [-0.1, -0.05) is 29.8 Å². The lowest BCUT2D eigenvalue weighted by atomic mass is 10.2. The molecule has 11 heteroatoms. The Bertz CT molecular complexity index is 1040. The summed E-state index contributed by atoms with van der Waals surface area (Å²) < 4.78 is 31.0. The first kappa shape index (κ1) is 24.4. The van der Waals surface area contributed by atoms with Gasteiger partial charge in [0.2, 0.25) is 15.9 Å². The summed E-state index contributed by atoms with van der Waals surface area (Å²) in [5.74, 6) is 0.487. The lowest BCUT2D eigenvalue weighted by Gasteiger charge is -2.23. The fourth-order valence-electron chi connectivity index (χ4n) is 2.81. The molecule has 0 heterocycles. The number of nitrogens with zero attached hydrogens (tertiary/aromatic N) is 2. The van der Waals surface area contributed by atoms with Gasteiger partial charge in [-0.3, -0.25) is 19.2 Å². The van der Waals surface area contributed by atoms with Crippen molar-refractivity contribution in [2.45, 2.75) is 19.8 Å². The average molecular weight is 470 g/mol. The minimum atomic E-state index is -3.76. The van der Waals surface area contributed by atoms with Crippen LogP contribution in [0.4, 0.5) is 11.4 Å². The molecule has 2 aromatic carbocycles. The van der Waals surface area contributed by atoms with Crippen LogP contribution in [0.15, 0.2) is 42.5 Å². The molecular formula is C20H24ClN3O6S. The summed E-state index contributed by atoms with van der Waals surface area (Å²) in [6.07, 6.45) is 1.25. The summed E-state index contributed by atoms with van der Waals surface area (Å²) in [6, 6.07) is 11.1. The van der Waals surface area contributed by atoms with E-state index >= 15 is 0 Å². The average Bonchev–Trinajstić information content (AvgIpc) is 2.69. The highest BCUT2D eigenvalue weighted by molar-refractivity contribution is 7.92. The molecule has 9 nitrogen and oxygen atoms in total. The normalized spacial score (nSPS) is 11.1. The van der Waals surface area contributed by atoms with E-state index in [1.165, 1.54) is 12.1 Å². The molecule has 168 valence electrons. The van der Waals surface area contributed by atoms with E-state index in [-0.39, 0.29) is 41.7 Å². The Labute approximate surface area is 186 Å². The van der Waals surface area contributed by atoms with Gasteiger partial charge in [0.15, 0.2) is 0 Å². The Morgan fingerprint density at radius 1 is 1.26 bits per heavy atom. The van der Waals surface area contributed by atoms with Crippen molar-refractivity contribution in [2.24, 2.45) is 0 Å². The second-order valence-electron chi connectivity index (χ2n) is 6.80. The van der Waals surface area contributed by atoms with Gasteiger partial charge in [-0.25, -0.2) is 8.42 Å². The smallest absolute Gasteiger partial charge is 0.271 e. The highest BCUT2D eigenvalue weighted by Gasteiger charge is 2.22. The molecule has 31 heavy (non-hydrogen) atoms. The summed E-state index contributed by atoms with van der Waals surface area (Å²) >= 11 is 6.07. The van der Waals surface area contributed by atoms with Gasteiger partial charge in [0.25, 0.3) is 5.69 Å². The Kier molecular flexibility index (Phi) is 8.64. The largest absolute Gasteiger partial charge is 0.491 e. The van der Waals surface area contributed by atoms with E-state index in [1.807, 2.05) is 31.2 Å². The molecule has 2 rings (SSSR count). The van der Waals surface area contributed by atoms with Gasteiger partial charge in [-0.2, -0.15) is 0 Å². The number of nitrogens with one attached hydrogen (secondary N) is 1. The number of non-ortho nitro benzene ring substituents is 1. The van der Waals surface area contributed by atoms with E-state index in [9.17, 15) is 23.3 Å². The standard InChI is InChI=1S/C20H24ClN3O6S/c1-15-6-3-4-7-19(15)30-13-11-22-20(25)8-5-12-23(31(2,28)29)18-14-16(24(26)27)9-10-17(18)21/h3-4,6-7,9-10,14H,5,8,11-13H2,1-2H3,(H,22,25). The van der Waals surface area contributed by atoms with Crippen LogP contribution in [0.25, 0.3) is 0 Å². The second-order valence-corrected chi connectivity index (χ2v) is 9.11. The molecule has 0 atom stereocenters. The van der Waals surface area contributed by atoms with Crippen LogP contribution in [0.3, 0.4) is 0 Å². The lowest BCUT2D eigenvalue weighted by Crippen LogP contribution is -2.33. The van der Waals surface area contributed by atoms with Gasteiger partial charge in [0.1, 0.15) is 12.4 Å². The number of hydrogen-bond acceptors (Lipinski definition) is 6. The number of amides is 1. The molecule has 0 aliphatic carbocycles. The van der Waals surface area contributed by atoms with Crippen LogP contribution in [0, 0.1) is 17.0 Å². The highest BCUT2D eigenvalue weighted by Crippen LogP contribution is 2.31. The third-order valence-corrected chi connectivity index (χ3v) is 5.85. The molecule has 1 amide bonds.